The van der Waals surface area contributed by atoms with Crippen molar-refractivity contribution in [3.63, 3.8) is 0 Å². The minimum Gasteiger partial charge on any atom is -0.0620 e. The monoisotopic (exact) mass is 304 g/mol. The number of hydrogen-bond acceptors (Lipinski definition) is 0. The molecule has 0 aromatic carbocycles. The highest BCUT2D eigenvalue weighted by molar-refractivity contribution is 4.92. The second kappa shape index (κ2) is 6.86. The molecule has 0 heterocycles. The molecule has 0 saturated heterocycles. The van der Waals surface area contributed by atoms with Gasteiger partial charge in [-0.2, -0.15) is 0 Å². The van der Waals surface area contributed by atoms with Crippen molar-refractivity contribution < 1.29 is 0 Å². The van der Waals surface area contributed by atoms with Crippen molar-refractivity contribution >= 4 is 0 Å². The van der Waals surface area contributed by atoms with E-state index in [1.807, 2.05) is 0 Å². The molecule has 22 heavy (non-hydrogen) atoms. The van der Waals surface area contributed by atoms with E-state index in [1.54, 1.807) is 19.3 Å². The molecule has 0 N–H and O–H groups in total. The third-order valence-electron chi connectivity index (χ3n) is 7.60. The Morgan fingerprint density at radius 3 is 2.09 bits per heavy atom. The predicted octanol–water partition coefficient (Wildman–Crippen LogP) is 7.08. The van der Waals surface area contributed by atoms with Crippen LogP contribution in [0.4, 0.5) is 0 Å². The average Bonchev–Trinajstić information content (AvgIpc) is 3.11. The largest absolute Gasteiger partial charge is 0.0620 e. The first-order chi connectivity index (χ1) is 10.4. The van der Waals surface area contributed by atoms with Crippen molar-refractivity contribution in [3.8, 4) is 0 Å². The van der Waals surface area contributed by atoms with E-state index in [0.29, 0.717) is 5.41 Å². The molecular formula is C22H40. The summed E-state index contributed by atoms with van der Waals surface area (Å²) in [4.78, 5) is 0. The Balaban J connectivity index is 1.62. The van der Waals surface area contributed by atoms with E-state index in [0.717, 1.165) is 35.5 Å². The van der Waals surface area contributed by atoms with Gasteiger partial charge < -0.3 is 0 Å². The first kappa shape index (κ1) is 16.8. The summed E-state index contributed by atoms with van der Waals surface area (Å²) < 4.78 is 0. The van der Waals surface area contributed by atoms with Gasteiger partial charge in [-0.05, 0) is 53.8 Å². The van der Waals surface area contributed by atoms with Gasteiger partial charge in [0.25, 0.3) is 0 Å². The Labute approximate surface area is 139 Å². The van der Waals surface area contributed by atoms with Crippen LogP contribution in [-0.4, -0.2) is 0 Å². The maximum atomic E-state index is 2.60. The molecule has 3 aliphatic carbocycles. The van der Waals surface area contributed by atoms with Crippen molar-refractivity contribution in [1.82, 2.24) is 0 Å². The molecule has 3 rings (SSSR count). The van der Waals surface area contributed by atoms with Gasteiger partial charge in [0.05, 0.1) is 0 Å². The lowest BCUT2D eigenvalue weighted by atomic mass is 9.57. The summed E-state index contributed by atoms with van der Waals surface area (Å²) in [6.07, 6.45) is 16.9. The SMILES string of the molecule is CC1C(CCCC2CC2)CC(C2CCCC2)CC1C(C)(C)C. The normalized spacial score (nSPS) is 37.6. The third-order valence-corrected chi connectivity index (χ3v) is 7.60. The third kappa shape index (κ3) is 4.09. The van der Waals surface area contributed by atoms with Crippen LogP contribution in [0.5, 0.6) is 0 Å². The molecule has 128 valence electrons. The molecule has 3 fully saturated rings. The van der Waals surface area contributed by atoms with E-state index >= 15 is 0 Å². The maximum absolute atomic E-state index is 2.60. The second-order valence-corrected chi connectivity index (χ2v) is 10.2. The fraction of sp³-hybridized carbons (Fsp3) is 1.00. The molecule has 0 spiro atoms. The zero-order valence-corrected chi connectivity index (χ0v) is 15.7. The van der Waals surface area contributed by atoms with Crippen LogP contribution >= 0.6 is 0 Å². The van der Waals surface area contributed by atoms with Gasteiger partial charge in [0, 0.05) is 0 Å². The molecule has 0 aromatic heterocycles. The molecule has 0 aromatic rings. The van der Waals surface area contributed by atoms with Gasteiger partial charge in [0.1, 0.15) is 0 Å². The first-order valence-electron chi connectivity index (χ1n) is 10.4. The van der Waals surface area contributed by atoms with Gasteiger partial charge in [-0.15, -0.1) is 0 Å². The summed E-state index contributed by atoms with van der Waals surface area (Å²) in [5, 5.41) is 0. The summed E-state index contributed by atoms with van der Waals surface area (Å²) in [5.74, 6) is 6.22. The summed E-state index contributed by atoms with van der Waals surface area (Å²) in [6.45, 7) is 10.1. The van der Waals surface area contributed by atoms with E-state index in [4.69, 9.17) is 0 Å². The van der Waals surface area contributed by atoms with Gasteiger partial charge in [-0.1, -0.05) is 85.5 Å². The van der Waals surface area contributed by atoms with Gasteiger partial charge in [0.15, 0.2) is 0 Å². The van der Waals surface area contributed by atoms with Crippen molar-refractivity contribution in [1.29, 1.82) is 0 Å². The van der Waals surface area contributed by atoms with Crippen LogP contribution in [0.15, 0.2) is 0 Å². The molecule has 0 amide bonds. The molecule has 0 nitrogen and oxygen atoms in total. The maximum Gasteiger partial charge on any atom is -0.0334 e. The van der Waals surface area contributed by atoms with Crippen LogP contribution in [0.1, 0.15) is 98.3 Å². The lowest BCUT2D eigenvalue weighted by Gasteiger charge is -2.48. The van der Waals surface area contributed by atoms with Crippen LogP contribution in [0, 0.1) is 40.9 Å². The quantitative estimate of drug-likeness (QED) is 0.509. The first-order valence-corrected chi connectivity index (χ1v) is 10.4. The Hall–Kier alpha value is 0. The van der Waals surface area contributed by atoms with E-state index in [9.17, 15) is 0 Å². The van der Waals surface area contributed by atoms with Crippen LogP contribution in [-0.2, 0) is 0 Å². The summed E-state index contributed by atoms with van der Waals surface area (Å²) in [6, 6.07) is 0. The molecule has 0 radical (unpaired) electrons. The lowest BCUT2D eigenvalue weighted by molar-refractivity contribution is 0.0167. The molecule has 4 atom stereocenters. The number of hydrogen-bond donors (Lipinski definition) is 0. The van der Waals surface area contributed by atoms with Crippen molar-refractivity contribution in [2.75, 3.05) is 0 Å². The highest BCUT2D eigenvalue weighted by atomic mass is 14.5. The van der Waals surface area contributed by atoms with E-state index in [1.165, 1.54) is 51.4 Å². The fourth-order valence-electron chi connectivity index (χ4n) is 5.98. The molecule has 0 aliphatic heterocycles. The van der Waals surface area contributed by atoms with Crippen molar-refractivity contribution in [3.05, 3.63) is 0 Å². The van der Waals surface area contributed by atoms with E-state index in [2.05, 4.69) is 27.7 Å². The predicted molar refractivity (Wildman–Crippen MR) is 96.9 cm³/mol. The topological polar surface area (TPSA) is 0 Å². The molecule has 0 heteroatoms. The zero-order valence-electron chi connectivity index (χ0n) is 15.7. The average molecular weight is 305 g/mol. The Kier molecular flexibility index (Phi) is 5.25. The molecule has 0 bridgehead atoms. The highest BCUT2D eigenvalue weighted by Crippen LogP contribution is 2.52. The second-order valence-electron chi connectivity index (χ2n) is 10.2. The highest BCUT2D eigenvalue weighted by Gasteiger charge is 2.42. The van der Waals surface area contributed by atoms with Crippen LogP contribution in [0.2, 0.25) is 0 Å². The van der Waals surface area contributed by atoms with Gasteiger partial charge in [-0.3, -0.25) is 0 Å². The lowest BCUT2D eigenvalue weighted by Crippen LogP contribution is -2.39. The van der Waals surface area contributed by atoms with Crippen LogP contribution < -0.4 is 0 Å². The van der Waals surface area contributed by atoms with Crippen molar-refractivity contribution in [2.45, 2.75) is 98.3 Å². The van der Waals surface area contributed by atoms with E-state index < -0.39 is 0 Å². The molecule has 3 saturated carbocycles. The zero-order chi connectivity index (χ0) is 15.7. The van der Waals surface area contributed by atoms with Gasteiger partial charge in [0.2, 0.25) is 0 Å². The smallest absolute Gasteiger partial charge is 0.0334 e. The standard InChI is InChI=1S/C22H40/c1-16-19(11-7-8-17-12-13-17)14-20(18-9-5-6-10-18)15-21(16)22(2,3)4/h16-21H,5-15H2,1-4H3. The minimum absolute atomic E-state index is 0.505. The Morgan fingerprint density at radius 1 is 0.818 bits per heavy atom. The summed E-state index contributed by atoms with van der Waals surface area (Å²) in [7, 11) is 0. The van der Waals surface area contributed by atoms with Crippen molar-refractivity contribution in [2.24, 2.45) is 40.9 Å². The molecule has 3 aliphatic rings. The Morgan fingerprint density at radius 2 is 1.50 bits per heavy atom. The number of rotatable bonds is 5. The van der Waals surface area contributed by atoms with E-state index in [-0.39, 0.29) is 0 Å². The molecule has 4 unspecified atom stereocenters. The van der Waals surface area contributed by atoms with Gasteiger partial charge >= 0.3 is 0 Å². The summed E-state index contributed by atoms with van der Waals surface area (Å²) in [5.41, 5.74) is 0.505. The van der Waals surface area contributed by atoms with Crippen LogP contribution in [0.25, 0.3) is 0 Å². The van der Waals surface area contributed by atoms with Gasteiger partial charge in [-0.25, -0.2) is 0 Å². The molecular weight excluding hydrogens is 264 g/mol. The minimum atomic E-state index is 0.505. The Bertz CT molecular complexity index is 340. The fourth-order valence-corrected chi connectivity index (χ4v) is 5.98. The summed E-state index contributed by atoms with van der Waals surface area (Å²) >= 11 is 0. The van der Waals surface area contributed by atoms with Crippen LogP contribution in [0.3, 0.4) is 0 Å².